The van der Waals surface area contributed by atoms with Crippen molar-refractivity contribution in [2.45, 2.75) is 38.6 Å². The van der Waals surface area contributed by atoms with Gasteiger partial charge in [-0.3, -0.25) is 9.59 Å². The van der Waals surface area contributed by atoms with E-state index in [2.05, 4.69) is 29.6 Å². The lowest BCUT2D eigenvalue weighted by atomic mass is 9.88. The molecule has 0 bridgehead atoms. The van der Waals surface area contributed by atoms with Crippen LogP contribution in [0.25, 0.3) is 11.1 Å². The van der Waals surface area contributed by atoms with Crippen molar-refractivity contribution in [2.75, 3.05) is 31.2 Å². The smallest absolute Gasteiger partial charge is 0.407 e. The quantitative estimate of drug-likeness (QED) is 0.564. The Morgan fingerprint density at radius 3 is 2.34 bits per heavy atom. The van der Waals surface area contributed by atoms with Gasteiger partial charge in [0, 0.05) is 36.9 Å². The van der Waals surface area contributed by atoms with Crippen LogP contribution in [0.1, 0.15) is 43.7 Å². The van der Waals surface area contributed by atoms with Crippen LogP contribution in [-0.4, -0.2) is 65.2 Å². The van der Waals surface area contributed by atoms with Crippen LogP contribution in [0.2, 0.25) is 0 Å². The Morgan fingerprint density at radius 1 is 1.09 bits per heavy atom. The molecule has 1 fully saturated rings. The van der Waals surface area contributed by atoms with Gasteiger partial charge in [0.15, 0.2) is 0 Å². The molecule has 7 nitrogen and oxygen atoms in total. The minimum atomic E-state index is -0.897. The lowest BCUT2D eigenvalue weighted by Crippen LogP contribution is -2.49. The Kier molecular flexibility index (Phi) is 7.69. The van der Waals surface area contributed by atoms with Gasteiger partial charge in [-0.1, -0.05) is 62.4 Å². The molecular formula is C27H32N2O5S. The lowest BCUT2D eigenvalue weighted by Gasteiger charge is -2.37. The maximum absolute atomic E-state index is 13.0. The molecule has 1 unspecified atom stereocenters. The van der Waals surface area contributed by atoms with Crippen molar-refractivity contribution >= 4 is 29.7 Å². The number of carboxylic acids is 1. The second-order valence-electron chi connectivity index (χ2n) is 9.93. The minimum absolute atomic E-state index is 0.00845. The molecule has 4 rings (SSSR count). The predicted octanol–water partition coefficient (Wildman–Crippen LogP) is 4.36. The zero-order valence-corrected chi connectivity index (χ0v) is 21.0. The maximum atomic E-state index is 13.0. The molecule has 1 aliphatic carbocycles. The summed E-state index contributed by atoms with van der Waals surface area (Å²) >= 11 is 1.67. The third-order valence-electron chi connectivity index (χ3n) is 6.64. The Bertz CT molecular complexity index is 1060. The van der Waals surface area contributed by atoms with E-state index in [0.29, 0.717) is 12.3 Å². The molecule has 2 N–H and O–H groups in total. The molecule has 1 heterocycles. The number of amides is 2. The van der Waals surface area contributed by atoms with E-state index in [0.717, 1.165) is 16.9 Å². The number of thioether (sulfide) groups is 1. The van der Waals surface area contributed by atoms with Crippen molar-refractivity contribution in [2.24, 2.45) is 5.41 Å². The summed E-state index contributed by atoms with van der Waals surface area (Å²) in [6.07, 6.45) is -0.334. The number of hydrogen-bond acceptors (Lipinski definition) is 5. The monoisotopic (exact) mass is 496 g/mol. The van der Waals surface area contributed by atoms with Crippen molar-refractivity contribution in [3.05, 3.63) is 59.7 Å². The highest BCUT2D eigenvalue weighted by Gasteiger charge is 2.33. The second-order valence-corrected chi connectivity index (χ2v) is 11.1. The van der Waals surface area contributed by atoms with Gasteiger partial charge in [0.2, 0.25) is 5.91 Å². The van der Waals surface area contributed by atoms with Gasteiger partial charge in [-0.2, -0.15) is 11.8 Å². The van der Waals surface area contributed by atoms with Gasteiger partial charge in [0.05, 0.1) is 12.5 Å². The number of carboxylic acid groups (broad SMARTS) is 1. The average molecular weight is 497 g/mol. The normalized spacial score (nSPS) is 17.4. The summed E-state index contributed by atoms with van der Waals surface area (Å²) in [5.74, 6) is 0.463. The Morgan fingerprint density at radius 2 is 1.71 bits per heavy atom. The summed E-state index contributed by atoms with van der Waals surface area (Å²) in [6, 6.07) is 16.1. The molecule has 8 heteroatoms. The fraction of sp³-hybridized carbons (Fsp3) is 0.444. The summed E-state index contributed by atoms with van der Waals surface area (Å²) in [6.45, 7) is 4.90. The molecule has 0 aromatic heterocycles. The van der Waals surface area contributed by atoms with Crippen molar-refractivity contribution < 1.29 is 24.2 Å². The van der Waals surface area contributed by atoms with Crippen molar-refractivity contribution in [1.82, 2.24) is 10.2 Å². The highest BCUT2D eigenvalue weighted by molar-refractivity contribution is 7.99. The van der Waals surface area contributed by atoms with Crippen LogP contribution in [0, 0.1) is 5.41 Å². The molecule has 1 atom stereocenters. The predicted molar refractivity (Wildman–Crippen MR) is 137 cm³/mol. The van der Waals surface area contributed by atoms with Gasteiger partial charge in [-0.25, -0.2) is 4.79 Å². The van der Waals surface area contributed by atoms with Gasteiger partial charge in [0.1, 0.15) is 6.61 Å². The molecule has 2 aliphatic rings. The van der Waals surface area contributed by atoms with Gasteiger partial charge in [0.25, 0.3) is 0 Å². The molecule has 1 aliphatic heterocycles. The van der Waals surface area contributed by atoms with E-state index in [1.807, 2.05) is 38.1 Å². The number of alkyl carbamates (subject to hydrolysis) is 1. The molecule has 0 saturated carbocycles. The molecule has 2 aromatic rings. The topological polar surface area (TPSA) is 95.9 Å². The van der Waals surface area contributed by atoms with Gasteiger partial charge in [-0.15, -0.1) is 0 Å². The Balaban J connectivity index is 1.30. The van der Waals surface area contributed by atoms with Crippen LogP contribution in [-0.2, 0) is 14.3 Å². The summed E-state index contributed by atoms with van der Waals surface area (Å²) in [7, 11) is 0. The number of hydrogen-bond donors (Lipinski definition) is 2. The third kappa shape index (κ3) is 5.99. The standard InChI is InChI=1S/C27H32N2O5S/c1-27(2,14-24(30)29-11-12-35-16-18(29)13-25(31)32)17-28-26(33)34-15-23-21-9-5-3-7-19(21)20-8-4-6-10-22(20)23/h3-10,18,23H,11-17H2,1-2H3,(H,28,33)(H,31,32). The SMILES string of the molecule is CC(C)(CNC(=O)OCC1c2ccccc2-c2ccccc21)CC(=O)N1CCSCC1CC(=O)O. The fourth-order valence-corrected chi connectivity index (χ4v) is 5.95. The number of nitrogens with zero attached hydrogens (tertiary/aromatic N) is 1. The number of carbonyl (C=O) groups is 3. The molecule has 2 amide bonds. The molecule has 2 aromatic carbocycles. The molecule has 1 saturated heterocycles. The van der Waals surface area contributed by atoms with E-state index in [9.17, 15) is 19.5 Å². The first-order valence-corrected chi connectivity index (χ1v) is 13.1. The lowest BCUT2D eigenvalue weighted by molar-refractivity contribution is -0.141. The highest BCUT2D eigenvalue weighted by atomic mass is 32.2. The summed E-state index contributed by atoms with van der Waals surface area (Å²) in [4.78, 5) is 38.4. The Hall–Kier alpha value is -3.00. The van der Waals surface area contributed by atoms with E-state index in [1.165, 1.54) is 11.1 Å². The van der Waals surface area contributed by atoms with Crippen LogP contribution in [0.3, 0.4) is 0 Å². The molecule has 186 valence electrons. The van der Waals surface area contributed by atoms with Gasteiger partial charge in [-0.05, 0) is 27.7 Å². The van der Waals surface area contributed by atoms with E-state index in [1.54, 1.807) is 16.7 Å². The molecule has 0 spiro atoms. The number of ether oxygens (including phenoxy) is 1. The zero-order valence-electron chi connectivity index (χ0n) is 20.2. The van der Waals surface area contributed by atoms with E-state index >= 15 is 0 Å². The van der Waals surface area contributed by atoms with E-state index < -0.39 is 17.5 Å². The number of rotatable bonds is 8. The van der Waals surface area contributed by atoms with Crippen molar-refractivity contribution in [3.8, 4) is 11.1 Å². The van der Waals surface area contributed by atoms with Crippen molar-refractivity contribution in [1.29, 1.82) is 0 Å². The first kappa shape index (κ1) is 25.1. The van der Waals surface area contributed by atoms with Crippen molar-refractivity contribution in [3.63, 3.8) is 0 Å². The van der Waals surface area contributed by atoms with Gasteiger partial charge < -0.3 is 20.1 Å². The molecule has 35 heavy (non-hydrogen) atoms. The number of nitrogens with one attached hydrogen (secondary N) is 1. The largest absolute Gasteiger partial charge is 0.481 e. The number of fused-ring (bicyclic) bond motifs is 3. The average Bonchev–Trinajstić information content (AvgIpc) is 3.15. The minimum Gasteiger partial charge on any atom is -0.481 e. The molecule has 0 radical (unpaired) electrons. The van der Waals surface area contributed by atoms with Crippen LogP contribution in [0.5, 0.6) is 0 Å². The summed E-state index contributed by atoms with van der Waals surface area (Å²) in [5.41, 5.74) is 4.16. The van der Waals surface area contributed by atoms with Crippen LogP contribution in [0.15, 0.2) is 48.5 Å². The van der Waals surface area contributed by atoms with Crippen LogP contribution >= 0.6 is 11.8 Å². The molecular weight excluding hydrogens is 464 g/mol. The first-order valence-electron chi connectivity index (χ1n) is 11.9. The number of benzene rings is 2. The Labute approximate surface area is 210 Å². The van der Waals surface area contributed by atoms with Gasteiger partial charge >= 0.3 is 12.1 Å². The van der Waals surface area contributed by atoms with E-state index in [-0.39, 0.29) is 43.9 Å². The first-order chi connectivity index (χ1) is 16.7. The van der Waals surface area contributed by atoms with Crippen LogP contribution < -0.4 is 5.32 Å². The number of aliphatic carboxylic acids is 1. The number of carbonyl (C=O) groups excluding carboxylic acids is 2. The summed E-state index contributed by atoms with van der Waals surface area (Å²) in [5, 5.41) is 12.0. The fourth-order valence-electron chi connectivity index (χ4n) is 4.89. The second kappa shape index (κ2) is 10.7. The summed E-state index contributed by atoms with van der Waals surface area (Å²) < 4.78 is 5.60. The third-order valence-corrected chi connectivity index (χ3v) is 7.73. The zero-order chi connectivity index (χ0) is 25.0. The van der Waals surface area contributed by atoms with E-state index in [4.69, 9.17) is 4.74 Å². The van der Waals surface area contributed by atoms with Crippen LogP contribution in [0.4, 0.5) is 4.79 Å². The highest BCUT2D eigenvalue weighted by Crippen LogP contribution is 2.44. The maximum Gasteiger partial charge on any atom is 0.407 e.